The van der Waals surface area contributed by atoms with Crippen molar-refractivity contribution in [2.24, 2.45) is 4.99 Å². The molecule has 0 bridgehead atoms. The van der Waals surface area contributed by atoms with Crippen molar-refractivity contribution < 1.29 is 28.9 Å². The first-order valence-electron chi connectivity index (χ1n) is 12.5. The number of carbonyl (C=O) groups is 2. The van der Waals surface area contributed by atoms with E-state index in [0.717, 1.165) is 10.8 Å². The van der Waals surface area contributed by atoms with E-state index in [9.17, 15) is 14.4 Å². The van der Waals surface area contributed by atoms with Crippen LogP contribution in [0.3, 0.4) is 0 Å². The highest BCUT2D eigenvalue weighted by molar-refractivity contribution is 7.07. The quantitative estimate of drug-likeness (QED) is 0.330. The Morgan fingerprint density at radius 3 is 2.55 bits per heavy atom. The van der Waals surface area contributed by atoms with Gasteiger partial charge in [0, 0.05) is 5.56 Å². The third kappa shape index (κ3) is 5.01. The van der Waals surface area contributed by atoms with Crippen LogP contribution in [-0.4, -0.2) is 41.9 Å². The summed E-state index contributed by atoms with van der Waals surface area (Å²) < 4.78 is 18.3. The number of hydrogen-bond acceptors (Lipinski definition) is 8. The lowest BCUT2D eigenvalue weighted by Gasteiger charge is -2.27. The highest BCUT2D eigenvalue weighted by Gasteiger charge is 2.36. The number of allylic oxidation sites excluding steroid dienone is 1. The van der Waals surface area contributed by atoms with E-state index >= 15 is 0 Å². The van der Waals surface area contributed by atoms with E-state index in [0.29, 0.717) is 37.7 Å². The van der Waals surface area contributed by atoms with Crippen LogP contribution in [0.15, 0.2) is 81.7 Å². The summed E-state index contributed by atoms with van der Waals surface area (Å²) in [4.78, 5) is 43.2. The molecular weight excluding hydrogens is 532 g/mol. The van der Waals surface area contributed by atoms with Gasteiger partial charge in [0.25, 0.3) is 5.56 Å². The number of ether oxygens (including phenoxy) is 3. The van der Waals surface area contributed by atoms with Gasteiger partial charge >= 0.3 is 11.9 Å². The molecule has 204 valence electrons. The summed E-state index contributed by atoms with van der Waals surface area (Å²) in [6, 6.07) is 17.4. The van der Waals surface area contributed by atoms with Gasteiger partial charge in [0.15, 0.2) is 11.4 Å². The Balaban J connectivity index is 1.72. The molecule has 1 aliphatic heterocycles. The normalized spacial score (nSPS) is 15.0. The van der Waals surface area contributed by atoms with Crippen LogP contribution in [0.25, 0.3) is 16.8 Å². The van der Waals surface area contributed by atoms with Crippen molar-refractivity contribution >= 4 is 40.1 Å². The summed E-state index contributed by atoms with van der Waals surface area (Å²) in [7, 11) is 1.56. The molecule has 0 radical (unpaired) electrons. The molecule has 1 atom stereocenters. The third-order valence-corrected chi connectivity index (χ3v) is 7.46. The molecule has 3 aromatic carbocycles. The molecule has 10 heteroatoms. The molecule has 0 spiro atoms. The maximum atomic E-state index is 14.0. The maximum Gasteiger partial charge on any atom is 0.341 e. The van der Waals surface area contributed by atoms with Gasteiger partial charge in [0.2, 0.25) is 0 Å². The fourth-order valence-electron chi connectivity index (χ4n) is 4.76. The molecule has 9 nitrogen and oxygen atoms in total. The van der Waals surface area contributed by atoms with E-state index in [1.54, 1.807) is 51.3 Å². The molecule has 0 unspecified atom stereocenters. The van der Waals surface area contributed by atoms with Crippen molar-refractivity contribution in [2.75, 3.05) is 20.3 Å². The third-order valence-electron chi connectivity index (χ3n) is 6.48. The smallest absolute Gasteiger partial charge is 0.341 e. The molecule has 0 saturated carbocycles. The molecule has 2 heterocycles. The van der Waals surface area contributed by atoms with Gasteiger partial charge < -0.3 is 19.3 Å². The molecule has 5 rings (SSSR count). The molecule has 0 aliphatic carbocycles. The van der Waals surface area contributed by atoms with E-state index in [1.165, 1.54) is 15.9 Å². The van der Waals surface area contributed by atoms with Crippen LogP contribution in [0, 0.1) is 0 Å². The Morgan fingerprint density at radius 1 is 1.10 bits per heavy atom. The Labute approximate surface area is 232 Å². The first-order chi connectivity index (χ1) is 19.3. The average molecular weight is 559 g/mol. The second kappa shape index (κ2) is 11.2. The summed E-state index contributed by atoms with van der Waals surface area (Å²) in [5.74, 6) is -0.680. The minimum atomic E-state index is -1.07. The van der Waals surface area contributed by atoms with E-state index in [4.69, 9.17) is 19.3 Å². The lowest BCUT2D eigenvalue weighted by atomic mass is 9.90. The Morgan fingerprint density at radius 2 is 1.85 bits per heavy atom. The number of esters is 1. The number of carboxylic acid groups (broad SMARTS) is 1. The number of carbonyl (C=O) groups excluding carboxylic acids is 1. The van der Waals surface area contributed by atoms with Crippen molar-refractivity contribution in [1.29, 1.82) is 0 Å². The standard InChI is InChI=1S/C30H26N2O7S/c1-4-38-29(36)25-17(2)31-30-32(27(25)26-21-8-6-5-7-19(21)11-14-22(26)37-3)28(35)23(40-30)15-18-9-12-20(13-10-18)39-16-24(33)34/h5-15,27H,4,16H2,1-3H3,(H,33,34)/t27-/m1/s1. The molecular formula is C30H26N2O7S. The highest BCUT2D eigenvalue weighted by atomic mass is 32.1. The summed E-state index contributed by atoms with van der Waals surface area (Å²) in [6.07, 6.45) is 1.73. The Hall–Kier alpha value is -4.70. The first kappa shape index (κ1) is 26.9. The number of methoxy groups -OCH3 is 1. The molecule has 0 amide bonds. The van der Waals surface area contributed by atoms with Crippen molar-refractivity contribution in [2.45, 2.75) is 19.9 Å². The van der Waals surface area contributed by atoms with Crippen molar-refractivity contribution in [3.8, 4) is 11.5 Å². The van der Waals surface area contributed by atoms with Crippen LogP contribution < -0.4 is 24.4 Å². The lowest BCUT2D eigenvalue weighted by molar-refractivity contribution is -0.140. The van der Waals surface area contributed by atoms with Gasteiger partial charge in [0.05, 0.1) is 29.5 Å². The molecule has 0 fully saturated rings. The number of benzene rings is 3. The minimum absolute atomic E-state index is 0.172. The van der Waals surface area contributed by atoms with Gasteiger partial charge in [-0.3, -0.25) is 9.36 Å². The Kier molecular flexibility index (Phi) is 7.52. The van der Waals surface area contributed by atoms with E-state index in [2.05, 4.69) is 4.99 Å². The van der Waals surface area contributed by atoms with Crippen molar-refractivity contribution in [3.63, 3.8) is 0 Å². The van der Waals surface area contributed by atoms with Gasteiger partial charge in [-0.25, -0.2) is 14.6 Å². The number of rotatable bonds is 8. The van der Waals surface area contributed by atoms with E-state index < -0.39 is 24.6 Å². The number of aliphatic carboxylic acids is 1. The zero-order valence-electron chi connectivity index (χ0n) is 22.0. The topological polar surface area (TPSA) is 116 Å². The largest absolute Gasteiger partial charge is 0.496 e. The number of hydrogen-bond donors (Lipinski definition) is 1. The lowest BCUT2D eigenvalue weighted by Crippen LogP contribution is -2.40. The number of nitrogens with zero attached hydrogens (tertiary/aromatic N) is 2. The van der Waals surface area contributed by atoms with Crippen LogP contribution in [0.1, 0.15) is 31.0 Å². The van der Waals surface area contributed by atoms with Gasteiger partial charge in [0.1, 0.15) is 17.5 Å². The fraction of sp³-hybridized carbons (Fsp3) is 0.200. The number of aromatic nitrogens is 1. The zero-order valence-corrected chi connectivity index (χ0v) is 22.9. The molecule has 40 heavy (non-hydrogen) atoms. The number of thiazole rings is 1. The SMILES string of the molecule is CCOC(=O)C1=C(C)N=c2sc(=Cc3ccc(OCC(=O)O)cc3)c(=O)n2[C@H]1c1c(OC)ccc2ccccc12. The summed E-state index contributed by atoms with van der Waals surface area (Å²) in [5.41, 5.74) is 1.81. The van der Waals surface area contributed by atoms with Crippen LogP contribution in [0.5, 0.6) is 11.5 Å². The van der Waals surface area contributed by atoms with Crippen LogP contribution in [0.4, 0.5) is 0 Å². The number of carboxylic acids is 1. The maximum absolute atomic E-state index is 14.0. The van der Waals surface area contributed by atoms with Crippen molar-refractivity contribution in [1.82, 2.24) is 4.57 Å². The predicted octanol–water partition coefficient (Wildman–Crippen LogP) is 3.42. The molecule has 1 aliphatic rings. The van der Waals surface area contributed by atoms with Crippen LogP contribution in [0.2, 0.25) is 0 Å². The molecule has 0 saturated heterocycles. The molecule has 1 aromatic heterocycles. The second-order valence-corrected chi connectivity index (χ2v) is 9.97. The highest BCUT2D eigenvalue weighted by Crippen LogP contribution is 2.40. The van der Waals surface area contributed by atoms with Crippen LogP contribution >= 0.6 is 11.3 Å². The predicted molar refractivity (Wildman–Crippen MR) is 150 cm³/mol. The van der Waals surface area contributed by atoms with Gasteiger partial charge in [-0.15, -0.1) is 0 Å². The summed E-state index contributed by atoms with van der Waals surface area (Å²) in [5, 5.41) is 10.6. The second-order valence-electron chi connectivity index (χ2n) is 8.96. The molecule has 4 aromatic rings. The van der Waals surface area contributed by atoms with Crippen molar-refractivity contribution in [3.05, 3.63) is 103 Å². The molecule has 1 N–H and O–H groups in total. The fourth-order valence-corrected chi connectivity index (χ4v) is 5.80. The average Bonchev–Trinajstić information content (AvgIpc) is 3.25. The van der Waals surface area contributed by atoms with Gasteiger partial charge in [-0.2, -0.15) is 0 Å². The summed E-state index contributed by atoms with van der Waals surface area (Å²) in [6.45, 7) is 3.20. The van der Waals surface area contributed by atoms with E-state index in [1.807, 2.05) is 36.4 Å². The summed E-state index contributed by atoms with van der Waals surface area (Å²) >= 11 is 1.22. The monoisotopic (exact) mass is 558 g/mol. The minimum Gasteiger partial charge on any atom is -0.496 e. The number of fused-ring (bicyclic) bond motifs is 2. The van der Waals surface area contributed by atoms with E-state index in [-0.39, 0.29) is 17.7 Å². The van der Waals surface area contributed by atoms with Crippen LogP contribution in [-0.2, 0) is 14.3 Å². The first-order valence-corrected chi connectivity index (χ1v) is 13.3. The van der Waals surface area contributed by atoms with Gasteiger partial charge in [-0.05, 0) is 54.5 Å². The van der Waals surface area contributed by atoms with Gasteiger partial charge in [-0.1, -0.05) is 53.8 Å². The zero-order chi connectivity index (χ0) is 28.4. The Bertz CT molecular complexity index is 1830.